The predicted molar refractivity (Wildman–Crippen MR) is 71.4 cm³/mol. The lowest BCUT2D eigenvalue weighted by Gasteiger charge is -2.32. The van der Waals surface area contributed by atoms with Gasteiger partial charge in [-0.2, -0.15) is 0 Å². The number of carbonyl (C=O) groups is 1. The van der Waals surface area contributed by atoms with E-state index < -0.39 is 0 Å². The fraction of sp³-hybridized carbons (Fsp3) is 0.462. The zero-order valence-corrected chi connectivity index (χ0v) is 10.9. The lowest BCUT2D eigenvalue weighted by atomic mass is 9.98. The van der Waals surface area contributed by atoms with Gasteiger partial charge in [0.1, 0.15) is 0 Å². The molecule has 92 valence electrons. The molecule has 1 saturated heterocycles. The third-order valence-electron chi connectivity index (χ3n) is 3.31. The number of aryl methyl sites for hydroxylation is 1. The largest absolute Gasteiger partial charge is 0.397 e. The molecule has 0 aliphatic carbocycles. The molecule has 1 aliphatic heterocycles. The highest BCUT2D eigenvalue weighted by Crippen LogP contribution is 2.32. The number of hydrogen-bond donors (Lipinski definition) is 1. The van der Waals surface area contributed by atoms with Gasteiger partial charge in [0.2, 0.25) is 5.91 Å². The van der Waals surface area contributed by atoms with Gasteiger partial charge in [0, 0.05) is 18.2 Å². The summed E-state index contributed by atoms with van der Waals surface area (Å²) in [5, 5.41) is 0.545. The van der Waals surface area contributed by atoms with Crippen molar-refractivity contribution in [2.75, 3.05) is 17.2 Å². The van der Waals surface area contributed by atoms with Crippen molar-refractivity contribution in [3.63, 3.8) is 0 Å². The van der Waals surface area contributed by atoms with Crippen LogP contribution in [0.15, 0.2) is 12.1 Å². The molecule has 2 N–H and O–H groups in total. The molecule has 0 radical (unpaired) electrons. The second-order valence-electron chi connectivity index (χ2n) is 4.69. The number of nitrogen functional groups attached to an aromatic ring is 1. The Morgan fingerprint density at radius 1 is 1.47 bits per heavy atom. The SMILES string of the molecule is Cc1cc(Cl)c(N)cc1N1CCCC(C)C1=O. The number of amides is 1. The van der Waals surface area contributed by atoms with Crippen LogP contribution in [0.1, 0.15) is 25.3 Å². The summed E-state index contributed by atoms with van der Waals surface area (Å²) in [6.07, 6.45) is 2.01. The van der Waals surface area contributed by atoms with E-state index in [1.54, 1.807) is 6.07 Å². The summed E-state index contributed by atoms with van der Waals surface area (Å²) in [5.74, 6) is 0.279. The van der Waals surface area contributed by atoms with Crippen LogP contribution in [0, 0.1) is 12.8 Å². The zero-order chi connectivity index (χ0) is 12.6. The van der Waals surface area contributed by atoms with E-state index in [4.69, 9.17) is 17.3 Å². The van der Waals surface area contributed by atoms with E-state index in [0.717, 1.165) is 30.6 Å². The topological polar surface area (TPSA) is 46.3 Å². The number of nitrogens with two attached hydrogens (primary N) is 1. The molecule has 2 rings (SSSR count). The summed E-state index contributed by atoms with van der Waals surface area (Å²) in [7, 11) is 0. The first kappa shape index (κ1) is 12.2. The molecule has 1 aromatic carbocycles. The van der Waals surface area contributed by atoms with Crippen LogP contribution in [0.5, 0.6) is 0 Å². The van der Waals surface area contributed by atoms with Crippen LogP contribution in [0.3, 0.4) is 0 Å². The van der Waals surface area contributed by atoms with Gasteiger partial charge in [0.15, 0.2) is 0 Å². The maximum Gasteiger partial charge on any atom is 0.229 e. The molecule has 0 aromatic heterocycles. The van der Waals surface area contributed by atoms with Gasteiger partial charge in [-0.05, 0) is 37.5 Å². The smallest absolute Gasteiger partial charge is 0.229 e. The van der Waals surface area contributed by atoms with Crippen LogP contribution < -0.4 is 10.6 Å². The maximum absolute atomic E-state index is 12.1. The van der Waals surface area contributed by atoms with E-state index in [0.29, 0.717) is 10.7 Å². The van der Waals surface area contributed by atoms with Crippen LogP contribution in [0.2, 0.25) is 5.02 Å². The monoisotopic (exact) mass is 252 g/mol. The van der Waals surface area contributed by atoms with E-state index in [1.807, 2.05) is 24.8 Å². The summed E-state index contributed by atoms with van der Waals surface area (Å²) in [6.45, 7) is 4.70. The summed E-state index contributed by atoms with van der Waals surface area (Å²) in [6, 6.07) is 3.62. The molecule has 0 spiro atoms. The van der Waals surface area contributed by atoms with Crippen LogP contribution in [0.25, 0.3) is 0 Å². The number of benzene rings is 1. The minimum atomic E-state index is 0.0973. The number of nitrogens with zero attached hydrogens (tertiary/aromatic N) is 1. The van der Waals surface area contributed by atoms with Crippen molar-refractivity contribution in [3.05, 3.63) is 22.7 Å². The third-order valence-corrected chi connectivity index (χ3v) is 3.64. The van der Waals surface area contributed by atoms with Gasteiger partial charge < -0.3 is 10.6 Å². The van der Waals surface area contributed by atoms with E-state index in [1.165, 1.54) is 0 Å². The molecule has 1 aliphatic rings. The first-order valence-electron chi connectivity index (χ1n) is 5.87. The lowest BCUT2D eigenvalue weighted by molar-refractivity contribution is -0.123. The van der Waals surface area contributed by atoms with Crippen LogP contribution >= 0.6 is 11.6 Å². The molecule has 0 saturated carbocycles. The Balaban J connectivity index is 2.39. The van der Waals surface area contributed by atoms with E-state index >= 15 is 0 Å². The molecule has 1 amide bonds. The molecule has 4 heteroatoms. The van der Waals surface area contributed by atoms with Crippen molar-refractivity contribution < 1.29 is 4.79 Å². The molecule has 0 bridgehead atoms. The quantitative estimate of drug-likeness (QED) is 0.781. The molecule has 3 nitrogen and oxygen atoms in total. The van der Waals surface area contributed by atoms with Crippen molar-refractivity contribution in [2.24, 2.45) is 5.92 Å². The number of hydrogen-bond acceptors (Lipinski definition) is 2. The zero-order valence-electron chi connectivity index (χ0n) is 10.2. The predicted octanol–water partition coefficient (Wildman–Crippen LogP) is 2.99. The minimum absolute atomic E-state index is 0.0973. The summed E-state index contributed by atoms with van der Waals surface area (Å²) < 4.78 is 0. The van der Waals surface area contributed by atoms with Crippen molar-refractivity contribution >= 4 is 28.9 Å². The minimum Gasteiger partial charge on any atom is -0.397 e. The van der Waals surface area contributed by atoms with Gasteiger partial charge >= 0.3 is 0 Å². The lowest BCUT2D eigenvalue weighted by Crippen LogP contribution is -2.40. The second kappa shape index (κ2) is 4.57. The van der Waals surface area contributed by atoms with Crippen molar-refractivity contribution in [2.45, 2.75) is 26.7 Å². The summed E-state index contributed by atoms with van der Waals surface area (Å²) >= 11 is 5.96. The molecular weight excluding hydrogens is 236 g/mol. The van der Waals surface area contributed by atoms with E-state index in [9.17, 15) is 4.79 Å². The number of piperidine rings is 1. The first-order valence-corrected chi connectivity index (χ1v) is 6.25. The van der Waals surface area contributed by atoms with Gasteiger partial charge in [-0.25, -0.2) is 0 Å². The number of carbonyl (C=O) groups excluding carboxylic acids is 1. The second-order valence-corrected chi connectivity index (χ2v) is 5.10. The molecular formula is C13H17ClN2O. The Hall–Kier alpha value is -1.22. The number of rotatable bonds is 1. The highest BCUT2D eigenvalue weighted by atomic mass is 35.5. The van der Waals surface area contributed by atoms with E-state index in [-0.39, 0.29) is 11.8 Å². The van der Waals surface area contributed by atoms with Crippen LogP contribution in [-0.2, 0) is 4.79 Å². The average molecular weight is 253 g/mol. The molecule has 1 aromatic rings. The molecule has 1 unspecified atom stereocenters. The van der Waals surface area contributed by atoms with E-state index in [2.05, 4.69) is 0 Å². The Morgan fingerprint density at radius 2 is 2.18 bits per heavy atom. The molecule has 1 atom stereocenters. The third kappa shape index (κ3) is 2.25. The van der Waals surface area contributed by atoms with Gasteiger partial charge in [-0.15, -0.1) is 0 Å². The highest BCUT2D eigenvalue weighted by molar-refractivity contribution is 6.33. The molecule has 1 fully saturated rings. The first-order chi connectivity index (χ1) is 8.00. The van der Waals surface area contributed by atoms with Crippen LogP contribution in [-0.4, -0.2) is 12.5 Å². The van der Waals surface area contributed by atoms with Gasteiger partial charge in [0.25, 0.3) is 0 Å². The van der Waals surface area contributed by atoms with Gasteiger partial charge in [0.05, 0.1) is 10.7 Å². The van der Waals surface area contributed by atoms with Crippen LogP contribution in [0.4, 0.5) is 11.4 Å². The van der Waals surface area contributed by atoms with Gasteiger partial charge in [-0.3, -0.25) is 4.79 Å². The molecule has 17 heavy (non-hydrogen) atoms. The molecule has 1 heterocycles. The summed E-state index contributed by atoms with van der Waals surface area (Å²) in [5.41, 5.74) is 8.22. The fourth-order valence-electron chi connectivity index (χ4n) is 2.26. The highest BCUT2D eigenvalue weighted by Gasteiger charge is 2.27. The number of anilines is 2. The van der Waals surface area contributed by atoms with Crippen molar-refractivity contribution in [1.82, 2.24) is 0 Å². The maximum atomic E-state index is 12.1. The van der Waals surface area contributed by atoms with Gasteiger partial charge in [-0.1, -0.05) is 18.5 Å². The Labute approximate surface area is 107 Å². The average Bonchev–Trinajstić information content (AvgIpc) is 2.28. The standard InChI is InChI=1S/C13H17ClN2O/c1-8-4-3-5-16(13(8)17)12-7-11(15)10(14)6-9(12)2/h6-8H,3-5,15H2,1-2H3. The summed E-state index contributed by atoms with van der Waals surface area (Å²) in [4.78, 5) is 14.0. The fourth-order valence-corrected chi connectivity index (χ4v) is 2.48. The Kier molecular flexibility index (Phi) is 3.29. The Morgan fingerprint density at radius 3 is 2.88 bits per heavy atom. The Bertz CT molecular complexity index is 459. The normalized spacial score (nSPS) is 20.8. The van der Waals surface area contributed by atoms with Crippen molar-refractivity contribution in [1.29, 1.82) is 0 Å². The van der Waals surface area contributed by atoms with Crippen molar-refractivity contribution in [3.8, 4) is 0 Å². The number of halogens is 1.